The molecule has 0 saturated carbocycles. The van der Waals surface area contributed by atoms with E-state index >= 15 is 0 Å². The molecule has 0 spiro atoms. The van der Waals surface area contributed by atoms with Crippen LogP contribution in [0.25, 0.3) is 21.8 Å². The van der Waals surface area contributed by atoms with Gasteiger partial charge >= 0.3 is 0 Å². The maximum Gasteiger partial charge on any atom is 0.112 e. The number of aromatic nitrogens is 4. The summed E-state index contributed by atoms with van der Waals surface area (Å²) in [6.07, 6.45) is 0.185. The highest BCUT2D eigenvalue weighted by Gasteiger charge is 2.30. The Morgan fingerprint density at radius 2 is 1.21 bits per heavy atom. The summed E-state index contributed by atoms with van der Waals surface area (Å²) in [7, 11) is 0. The Bertz CT molecular complexity index is 1290. The van der Waals surface area contributed by atoms with Crippen molar-refractivity contribution in [1.29, 1.82) is 0 Å². The number of ether oxygens (including phenoxy) is 2. The number of nitrogens with two attached hydrogens (primary N) is 1. The van der Waals surface area contributed by atoms with Crippen molar-refractivity contribution in [3.8, 4) is 0 Å². The van der Waals surface area contributed by atoms with Crippen molar-refractivity contribution in [1.82, 2.24) is 24.5 Å². The largest absolute Gasteiger partial charge is 0.369 e. The molecule has 10 heteroatoms. The van der Waals surface area contributed by atoms with Crippen LogP contribution in [0.5, 0.6) is 0 Å². The first kappa shape index (κ1) is 30.3. The standard InChI is InChI=1S/C13H15N3O.C11H13N3O.C2H4Cl2.2CH4/c1-2-4-11-10(3-1)13-12(9-15-5-6-15)17-8-7-16(13)14-11;12-7-10-11-8-3-1-2-4-9(8)13-14(11)5-6-15-10;3-1-2-4;;/h1-4,12H,5-9H2;1-4,10H,5-7,12H2;1-2H2;2*1H4. The second kappa shape index (κ2) is 14.3. The van der Waals surface area contributed by atoms with Crippen molar-refractivity contribution >= 4 is 45.0 Å². The van der Waals surface area contributed by atoms with Crippen molar-refractivity contribution in [2.45, 2.75) is 40.2 Å². The Kier molecular flexibility index (Phi) is 11.4. The fraction of sp³-hybridized carbons (Fsp3) is 0.500. The highest BCUT2D eigenvalue weighted by molar-refractivity contribution is 6.25. The Labute approximate surface area is 235 Å². The molecule has 2 N–H and O–H groups in total. The number of hydrogen-bond acceptors (Lipinski definition) is 6. The van der Waals surface area contributed by atoms with Crippen LogP contribution in [0.3, 0.4) is 0 Å². The quantitative estimate of drug-likeness (QED) is 0.271. The first-order valence-electron chi connectivity index (χ1n) is 12.4. The number of benzene rings is 2. The highest BCUT2D eigenvalue weighted by atomic mass is 35.5. The molecule has 0 bridgehead atoms. The molecule has 3 aliphatic heterocycles. The van der Waals surface area contributed by atoms with Gasteiger partial charge < -0.3 is 15.2 Å². The summed E-state index contributed by atoms with van der Waals surface area (Å²) in [6.45, 7) is 7.12. The Hall–Kier alpha value is -2.20. The lowest BCUT2D eigenvalue weighted by Gasteiger charge is -2.25. The monoisotopic (exact) mass is 562 g/mol. The van der Waals surface area contributed by atoms with Crippen molar-refractivity contribution < 1.29 is 9.47 Å². The molecule has 0 amide bonds. The Morgan fingerprint density at radius 3 is 1.68 bits per heavy atom. The van der Waals surface area contributed by atoms with Gasteiger partial charge in [-0.25, -0.2) is 0 Å². The van der Waals surface area contributed by atoms with Gasteiger partial charge in [0.25, 0.3) is 0 Å². The van der Waals surface area contributed by atoms with Crippen LogP contribution in [0.15, 0.2) is 48.5 Å². The van der Waals surface area contributed by atoms with Gasteiger partial charge in [0.2, 0.25) is 0 Å². The van der Waals surface area contributed by atoms with E-state index in [0.717, 1.165) is 48.4 Å². The molecule has 5 heterocycles. The molecular formula is C28H40Cl2N6O2. The molecule has 0 radical (unpaired) electrons. The van der Waals surface area contributed by atoms with E-state index in [2.05, 4.69) is 44.0 Å². The number of alkyl halides is 2. The zero-order chi connectivity index (χ0) is 24.9. The number of halogens is 2. The lowest BCUT2D eigenvalue weighted by molar-refractivity contribution is 0.0102. The summed E-state index contributed by atoms with van der Waals surface area (Å²) in [5.74, 6) is 1.11. The summed E-state index contributed by atoms with van der Waals surface area (Å²) in [5.41, 5.74) is 10.2. The summed E-state index contributed by atoms with van der Waals surface area (Å²) < 4.78 is 15.7. The van der Waals surface area contributed by atoms with E-state index in [4.69, 9.17) is 38.4 Å². The molecule has 7 rings (SSSR count). The van der Waals surface area contributed by atoms with Crippen molar-refractivity contribution in [3.63, 3.8) is 0 Å². The zero-order valence-electron chi connectivity index (χ0n) is 20.2. The van der Waals surface area contributed by atoms with Crippen LogP contribution in [0, 0.1) is 0 Å². The van der Waals surface area contributed by atoms with Gasteiger partial charge in [-0.3, -0.25) is 14.3 Å². The second-order valence-electron chi connectivity index (χ2n) is 8.88. The molecule has 3 aliphatic rings. The summed E-state index contributed by atoms with van der Waals surface area (Å²) in [6, 6.07) is 16.5. The number of nitrogens with zero attached hydrogens (tertiary/aromatic N) is 5. The van der Waals surface area contributed by atoms with Crippen molar-refractivity contribution in [2.75, 3.05) is 51.2 Å². The number of hydrogen-bond donors (Lipinski definition) is 1. The van der Waals surface area contributed by atoms with E-state index in [0.29, 0.717) is 24.9 Å². The van der Waals surface area contributed by atoms with Crippen LogP contribution in [0.4, 0.5) is 0 Å². The van der Waals surface area contributed by atoms with Gasteiger partial charge in [-0.2, -0.15) is 10.2 Å². The molecule has 2 aromatic carbocycles. The van der Waals surface area contributed by atoms with Crippen LogP contribution in [-0.4, -0.2) is 75.6 Å². The van der Waals surface area contributed by atoms with Gasteiger partial charge in [0.15, 0.2) is 0 Å². The maximum absolute atomic E-state index is 5.92. The predicted molar refractivity (Wildman–Crippen MR) is 157 cm³/mol. The molecule has 2 atom stereocenters. The molecule has 38 heavy (non-hydrogen) atoms. The maximum atomic E-state index is 5.92. The predicted octanol–water partition coefficient (Wildman–Crippen LogP) is 5.23. The minimum Gasteiger partial charge on any atom is -0.369 e. The fourth-order valence-corrected chi connectivity index (χ4v) is 4.75. The van der Waals surface area contributed by atoms with Gasteiger partial charge in [0.05, 0.1) is 48.7 Å². The third-order valence-corrected chi connectivity index (χ3v) is 7.05. The van der Waals surface area contributed by atoms with Gasteiger partial charge in [-0.05, 0) is 12.1 Å². The topological polar surface area (TPSA) is 83.1 Å². The van der Waals surface area contributed by atoms with Gasteiger partial charge in [-0.1, -0.05) is 51.3 Å². The van der Waals surface area contributed by atoms with E-state index in [1.807, 2.05) is 28.9 Å². The summed E-state index contributed by atoms with van der Waals surface area (Å²) in [5, 5.41) is 11.6. The molecule has 2 unspecified atom stereocenters. The molecule has 4 aromatic rings. The molecule has 0 aliphatic carbocycles. The van der Waals surface area contributed by atoms with E-state index in [-0.39, 0.29) is 27.1 Å². The molecule has 8 nitrogen and oxygen atoms in total. The van der Waals surface area contributed by atoms with Gasteiger partial charge in [0, 0.05) is 48.7 Å². The van der Waals surface area contributed by atoms with Crippen LogP contribution < -0.4 is 5.73 Å². The highest BCUT2D eigenvalue weighted by Crippen LogP contribution is 2.31. The number of fused-ring (bicyclic) bond motifs is 6. The van der Waals surface area contributed by atoms with Crippen LogP contribution >= 0.6 is 23.2 Å². The van der Waals surface area contributed by atoms with Crippen LogP contribution in [-0.2, 0) is 22.6 Å². The van der Waals surface area contributed by atoms with E-state index in [1.165, 1.54) is 24.2 Å². The minimum atomic E-state index is -0.00819. The Morgan fingerprint density at radius 1 is 0.737 bits per heavy atom. The third-order valence-electron chi connectivity index (χ3n) is 6.48. The zero-order valence-corrected chi connectivity index (χ0v) is 21.7. The lowest BCUT2D eigenvalue weighted by atomic mass is 10.1. The first-order chi connectivity index (χ1) is 17.7. The van der Waals surface area contributed by atoms with Gasteiger partial charge in [-0.15, -0.1) is 23.2 Å². The molecule has 1 saturated heterocycles. The molecule has 2 aromatic heterocycles. The molecular weight excluding hydrogens is 523 g/mol. The van der Waals surface area contributed by atoms with Crippen LogP contribution in [0.2, 0.25) is 0 Å². The fourth-order valence-electron chi connectivity index (χ4n) is 4.75. The van der Waals surface area contributed by atoms with E-state index in [1.54, 1.807) is 0 Å². The average Bonchev–Trinajstić information content (AvgIpc) is 3.53. The van der Waals surface area contributed by atoms with E-state index in [9.17, 15) is 0 Å². The normalized spacial score (nSPS) is 19.6. The molecule has 208 valence electrons. The lowest BCUT2D eigenvalue weighted by Crippen LogP contribution is -2.27. The average molecular weight is 564 g/mol. The summed E-state index contributed by atoms with van der Waals surface area (Å²) in [4.78, 5) is 2.40. The number of rotatable bonds is 4. The second-order valence-corrected chi connectivity index (χ2v) is 9.64. The minimum absolute atomic E-state index is 0. The van der Waals surface area contributed by atoms with Crippen LogP contribution in [0.1, 0.15) is 38.4 Å². The van der Waals surface area contributed by atoms with E-state index < -0.39 is 0 Å². The first-order valence-corrected chi connectivity index (χ1v) is 13.5. The van der Waals surface area contributed by atoms with Crippen molar-refractivity contribution in [2.24, 2.45) is 5.73 Å². The summed E-state index contributed by atoms with van der Waals surface area (Å²) >= 11 is 10.1. The smallest absolute Gasteiger partial charge is 0.112 e. The third kappa shape index (κ3) is 6.68. The van der Waals surface area contributed by atoms with Gasteiger partial charge in [0.1, 0.15) is 12.2 Å². The Balaban J connectivity index is 0.000000178. The van der Waals surface area contributed by atoms with Crippen molar-refractivity contribution in [3.05, 3.63) is 59.9 Å². The SMILES string of the molecule is C.C.ClCCCl.NCC1OCCn2nc3ccccc3c21.c1ccc2c3n(nc2c1)CCOC3CN1CC1. The molecule has 1 fully saturated rings.